The highest BCUT2D eigenvalue weighted by atomic mass is 32.2. The Morgan fingerprint density at radius 1 is 1.10 bits per heavy atom. The third kappa shape index (κ3) is 2.97. The Labute approximate surface area is 173 Å². The number of nitrogens with zero attached hydrogens (tertiary/aromatic N) is 2. The summed E-state index contributed by atoms with van der Waals surface area (Å²) in [5, 5.41) is 11.7. The number of thioether (sulfide) groups is 1. The molecule has 0 bridgehead atoms. The van der Waals surface area contributed by atoms with Crippen LogP contribution in [0.3, 0.4) is 0 Å². The van der Waals surface area contributed by atoms with E-state index in [0.717, 1.165) is 17.7 Å². The lowest BCUT2D eigenvalue weighted by molar-refractivity contribution is -0.385. The topological polar surface area (TPSA) is 55.5 Å². The molecule has 2 aromatic rings. The van der Waals surface area contributed by atoms with Crippen molar-refractivity contribution in [3.8, 4) is 0 Å². The van der Waals surface area contributed by atoms with Gasteiger partial charge >= 0.3 is 0 Å². The largest absolute Gasteiger partial charge is 0.272 e. The second-order valence-corrected chi connectivity index (χ2v) is 8.98. The molecule has 0 amide bonds. The number of aliphatic imine (C=N–C) groups is 1. The number of hydrogen-bond acceptors (Lipinski definition) is 4. The average Bonchev–Trinajstić information content (AvgIpc) is 3.11. The number of allylic oxidation sites excluding steroid dienone is 5. The lowest BCUT2D eigenvalue weighted by atomic mass is 9.64. The number of rotatable bonds is 4. The van der Waals surface area contributed by atoms with Crippen LogP contribution < -0.4 is 0 Å². The van der Waals surface area contributed by atoms with Crippen LogP contribution in [0.15, 0.2) is 94.5 Å². The third-order valence-corrected chi connectivity index (χ3v) is 7.48. The van der Waals surface area contributed by atoms with Crippen LogP contribution in [0.4, 0.5) is 5.69 Å². The number of nitro benzene ring substituents is 1. The molecule has 29 heavy (non-hydrogen) atoms. The lowest BCUT2D eigenvalue weighted by Crippen LogP contribution is -2.32. The summed E-state index contributed by atoms with van der Waals surface area (Å²) in [6, 6.07) is 17.7. The fraction of sp³-hybridized carbons (Fsp3) is 0.208. The Balaban J connectivity index is 1.52. The fourth-order valence-electron chi connectivity index (χ4n) is 4.84. The van der Waals surface area contributed by atoms with Gasteiger partial charge in [-0.25, -0.2) is 0 Å². The fourth-order valence-corrected chi connectivity index (χ4v) is 6.47. The van der Waals surface area contributed by atoms with Crippen LogP contribution in [0.25, 0.3) is 0 Å². The second-order valence-electron chi connectivity index (χ2n) is 7.64. The monoisotopic (exact) mass is 400 g/mol. The van der Waals surface area contributed by atoms with Gasteiger partial charge in [0, 0.05) is 29.0 Å². The smallest absolute Gasteiger partial charge is 0.260 e. The number of nitro groups is 1. The first kappa shape index (κ1) is 18.1. The summed E-state index contributed by atoms with van der Waals surface area (Å²) in [5.41, 5.74) is 3.22. The van der Waals surface area contributed by atoms with E-state index in [-0.39, 0.29) is 27.2 Å². The van der Waals surface area contributed by atoms with Gasteiger partial charge in [-0.3, -0.25) is 15.1 Å². The van der Waals surface area contributed by atoms with E-state index in [1.165, 1.54) is 10.5 Å². The van der Waals surface area contributed by atoms with Crippen molar-refractivity contribution in [1.82, 2.24) is 0 Å². The minimum absolute atomic E-state index is 0.177. The Morgan fingerprint density at radius 3 is 2.72 bits per heavy atom. The summed E-state index contributed by atoms with van der Waals surface area (Å²) >= 11 is 1.86. The average molecular weight is 401 g/mol. The van der Waals surface area contributed by atoms with Crippen LogP contribution in [0.5, 0.6) is 0 Å². The van der Waals surface area contributed by atoms with Gasteiger partial charge in [0.05, 0.1) is 16.0 Å². The van der Waals surface area contributed by atoms with E-state index in [2.05, 4.69) is 48.6 Å². The molecule has 1 fully saturated rings. The van der Waals surface area contributed by atoms with Crippen LogP contribution >= 0.6 is 11.8 Å². The molecule has 144 valence electrons. The first-order valence-electron chi connectivity index (χ1n) is 9.76. The molecule has 2 heterocycles. The molecule has 1 saturated heterocycles. The van der Waals surface area contributed by atoms with E-state index in [1.54, 1.807) is 12.1 Å². The van der Waals surface area contributed by atoms with Crippen molar-refractivity contribution in [1.29, 1.82) is 0 Å². The Morgan fingerprint density at radius 2 is 1.90 bits per heavy atom. The summed E-state index contributed by atoms with van der Waals surface area (Å²) < 4.78 is 0. The van der Waals surface area contributed by atoms with Gasteiger partial charge in [0.15, 0.2) is 0 Å². The number of benzene rings is 2. The first-order chi connectivity index (χ1) is 14.2. The number of para-hydroxylation sites is 1. The van der Waals surface area contributed by atoms with E-state index >= 15 is 0 Å². The van der Waals surface area contributed by atoms with Gasteiger partial charge in [-0.15, -0.1) is 11.8 Å². The van der Waals surface area contributed by atoms with Crippen LogP contribution in [-0.4, -0.2) is 16.4 Å². The summed E-state index contributed by atoms with van der Waals surface area (Å²) in [7, 11) is 0. The molecule has 3 unspecified atom stereocenters. The molecule has 2 aliphatic heterocycles. The minimum atomic E-state index is -0.274. The molecule has 4 nitrogen and oxygen atoms in total. The molecular weight excluding hydrogens is 380 g/mol. The Bertz CT molecular complexity index is 1090. The summed E-state index contributed by atoms with van der Waals surface area (Å²) in [6.07, 6.45) is 12.1. The molecule has 0 N–H and O–H groups in total. The molecule has 5 rings (SSSR count). The highest BCUT2D eigenvalue weighted by Crippen LogP contribution is 2.64. The van der Waals surface area contributed by atoms with Crippen LogP contribution in [0.2, 0.25) is 0 Å². The Kier molecular flexibility index (Phi) is 4.47. The second kappa shape index (κ2) is 7.16. The van der Waals surface area contributed by atoms with E-state index in [1.807, 2.05) is 36.2 Å². The molecule has 3 atom stereocenters. The van der Waals surface area contributed by atoms with Crippen LogP contribution in [-0.2, 0) is 6.42 Å². The molecule has 0 radical (unpaired) electrons. The zero-order valence-electron chi connectivity index (χ0n) is 15.8. The van der Waals surface area contributed by atoms with Crippen molar-refractivity contribution in [2.45, 2.75) is 24.0 Å². The molecule has 2 aromatic carbocycles. The van der Waals surface area contributed by atoms with E-state index in [4.69, 9.17) is 4.99 Å². The highest BCUT2D eigenvalue weighted by molar-refractivity contribution is 8.04. The van der Waals surface area contributed by atoms with E-state index in [0.29, 0.717) is 6.42 Å². The van der Waals surface area contributed by atoms with Gasteiger partial charge in [0.2, 0.25) is 0 Å². The summed E-state index contributed by atoms with van der Waals surface area (Å²) in [6.45, 7) is 0. The zero-order valence-corrected chi connectivity index (χ0v) is 16.6. The lowest BCUT2D eigenvalue weighted by Gasteiger charge is -2.41. The van der Waals surface area contributed by atoms with Crippen molar-refractivity contribution >= 4 is 23.7 Å². The van der Waals surface area contributed by atoms with Gasteiger partial charge in [-0.05, 0) is 35.5 Å². The SMILES string of the molecule is O=[N+]([O-])c1ccccc1CC1CC23C(=CC=CC2c2ccccc2)N=CC=C3S1. The van der Waals surface area contributed by atoms with Gasteiger partial charge < -0.3 is 0 Å². The van der Waals surface area contributed by atoms with E-state index in [9.17, 15) is 10.1 Å². The van der Waals surface area contributed by atoms with Crippen molar-refractivity contribution < 1.29 is 4.92 Å². The molecular formula is C24H20N2O2S. The first-order valence-corrected chi connectivity index (χ1v) is 10.6. The minimum Gasteiger partial charge on any atom is -0.260 e. The maximum atomic E-state index is 11.5. The van der Waals surface area contributed by atoms with Crippen molar-refractivity contribution in [3.63, 3.8) is 0 Å². The molecule has 1 spiro atoms. The highest BCUT2D eigenvalue weighted by Gasteiger charge is 2.53. The Hall–Kier alpha value is -2.92. The van der Waals surface area contributed by atoms with Gasteiger partial charge in [0.25, 0.3) is 5.69 Å². The summed E-state index contributed by atoms with van der Waals surface area (Å²) in [4.78, 5) is 17.2. The van der Waals surface area contributed by atoms with Crippen molar-refractivity contribution in [2.24, 2.45) is 10.4 Å². The molecule has 3 aliphatic rings. The number of dihydropyridines is 1. The van der Waals surface area contributed by atoms with Gasteiger partial charge in [0.1, 0.15) is 0 Å². The van der Waals surface area contributed by atoms with Crippen LogP contribution in [0.1, 0.15) is 23.5 Å². The summed E-state index contributed by atoms with van der Waals surface area (Å²) in [5.74, 6) is 0.218. The van der Waals surface area contributed by atoms with Gasteiger partial charge in [-0.1, -0.05) is 60.7 Å². The van der Waals surface area contributed by atoms with Gasteiger partial charge in [-0.2, -0.15) is 0 Å². The zero-order chi connectivity index (χ0) is 19.8. The maximum absolute atomic E-state index is 11.5. The van der Waals surface area contributed by atoms with Crippen molar-refractivity contribution in [3.05, 3.63) is 111 Å². The molecule has 0 aromatic heterocycles. The quantitative estimate of drug-likeness (QED) is 0.479. The normalized spacial score (nSPS) is 27.0. The predicted octanol–water partition coefficient (Wildman–Crippen LogP) is 5.84. The van der Waals surface area contributed by atoms with Crippen molar-refractivity contribution in [2.75, 3.05) is 0 Å². The molecule has 0 saturated carbocycles. The van der Waals surface area contributed by atoms with E-state index < -0.39 is 0 Å². The maximum Gasteiger partial charge on any atom is 0.272 e. The standard InChI is InChI=1S/C24H20N2O2S/c27-26(28)21-11-5-4-9-18(21)15-19-16-24-20(17-7-2-1-3-8-17)10-6-12-22(24)25-14-13-23(24)29-19/h1-14,19-20H,15-16H2. The molecule has 5 heteroatoms. The number of hydrogen-bond donors (Lipinski definition) is 0. The molecule has 1 aliphatic carbocycles. The third-order valence-electron chi connectivity index (χ3n) is 6.06. The van der Waals surface area contributed by atoms with Crippen LogP contribution in [0, 0.1) is 15.5 Å². The predicted molar refractivity (Wildman–Crippen MR) is 118 cm³/mol.